The van der Waals surface area contributed by atoms with Crippen molar-refractivity contribution >= 4 is 39.4 Å². The fraction of sp³-hybridized carbons (Fsp3) is 0.273. The predicted molar refractivity (Wildman–Crippen MR) is 77.1 cm³/mol. The van der Waals surface area contributed by atoms with Crippen LogP contribution in [0.3, 0.4) is 0 Å². The number of thioether (sulfide) groups is 1. The molecular weight excluding hydrogens is 334 g/mol. The van der Waals surface area contributed by atoms with E-state index in [0.717, 1.165) is 6.07 Å². The number of rotatable bonds is 6. The van der Waals surface area contributed by atoms with Crippen molar-refractivity contribution in [1.29, 1.82) is 0 Å². The molecule has 0 saturated heterocycles. The quantitative estimate of drug-likeness (QED) is 0.368. The standard InChI is InChI=1S/C11H10BrN3O3S/c1-2-4-19-5-3-13-11(16)8-6-10(15(17)18)14-7-9(8)12/h1,6-7H,3-5H2,(H,13,16). The van der Waals surface area contributed by atoms with Crippen LogP contribution < -0.4 is 5.32 Å². The Morgan fingerprint density at radius 1 is 1.68 bits per heavy atom. The average molecular weight is 344 g/mol. The molecule has 6 nitrogen and oxygen atoms in total. The summed E-state index contributed by atoms with van der Waals surface area (Å²) in [6.45, 7) is 0.438. The van der Waals surface area contributed by atoms with E-state index in [1.165, 1.54) is 18.0 Å². The first-order valence-electron chi connectivity index (χ1n) is 5.15. The first kappa shape index (κ1) is 15.5. The van der Waals surface area contributed by atoms with Crippen molar-refractivity contribution in [2.75, 3.05) is 18.1 Å². The smallest absolute Gasteiger partial charge is 0.358 e. The third-order valence-corrected chi connectivity index (χ3v) is 3.49. The summed E-state index contributed by atoms with van der Waals surface area (Å²) in [7, 11) is 0. The van der Waals surface area contributed by atoms with Crippen molar-refractivity contribution in [3.63, 3.8) is 0 Å². The summed E-state index contributed by atoms with van der Waals surface area (Å²) < 4.78 is 0.409. The Morgan fingerprint density at radius 2 is 2.42 bits per heavy atom. The minimum absolute atomic E-state index is 0.184. The summed E-state index contributed by atoms with van der Waals surface area (Å²) in [5.41, 5.74) is 0.184. The van der Waals surface area contributed by atoms with Gasteiger partial charge in [-0.2, -0.15) is 0 Å². The number of amides is 1. The molecule has 0 bridgehead atoms. The van der Waals surface area contributed by atoms with Crippen molar-refractivity contribution in [3.8, 4) is 12.3 Å². The average Bonchev–Trinajstić information content (AvgIpc) is 2.38. The zero-order valence-corrected chi connectivity index (χ0v) is 12.2. The maximum absolute atomic E-state index is 11.8. The van der Waals surface area contributed by atoms with Crippen LogP contribution in [0.25, 0.3) is 0 Å². The van der Waals surface area contributed by atoms with Crippen molar-refractivity contribution in [1.82, 2.24) is 10.3 Å². The molecule has 0 aliphatic heterocycles. The lowest BCUT2D eigenvalue weighted by Crippen LogP contribution is -2.26. The molecule has 19 heavy (non-hydrogen) atoms. The number of carbonyl (C=O) groups excluding carboxylic acids is 1. The zero-order chi connectivity index (χ0) is 14.3. The normalized spacial score (nSPS) is 9.68. The number of nitro groups is 1. The second kappa shape index (κ2) is 7.76. The molecule has 1 N–H and O–H groups in total. The molecule has 0 fully saturated rings. The van der Waals surface area contributed by atoms with Gasteiger partial charge in [-0.25, -0.2) is 0 Å². The van der Waals surface area contributed by atoms with Gasteiger partial charge >= 0.3 is 5.82 Å². The number of hydrogen-bond donors (Lipinski definition) is 1. The van der Waals surface area contributed by atoms with Gasteiger partial charge in [0, 0.05) is 18.4 Å². The third kappa shape index (κ3) is 4.89. The number of aromatic nitrogens is 1. The zero-order valence-electron chi connectivity index (χ0n) is 9.76. The molecule has 0 radical (unpaired) electrons. The van der Waals surface area contributed by atoms with Crippen LogP contribution in [-0.4, -0.2) is 33.9 Å². The summed E-state index contributed by atoms with van der Waals surface area (Å²) in [4.78, 5) is 25.4. The number of terminal acetylenes is 1. The molecule has 0 unspecified atom stereocenters. The van der Waals surface area contributed by atoms with Crippen molar-refractivity contribution in [3.05, 3.63) is 32.4 Å². The number of pyridine rings is 1. The molecule has 0 saturated carbocycles. The van der Waals surface area contributed by atoms with Crippen LogP contribution in [-0.2, 0) is 0 Å². The Bertz CT molecular complexity index is 530. The van der Waals surface area contributed by atoms with Crippen LogP contribution in [0.1, 0.15) is 10.4 Å². The Balaban J connectivity index is 2.64. The first-order valence-corrected chi connectivity index (χ1v) is 7.10. The van der Waals surface area contributed by atoms with E-state index in [9.17, 15) is 14.9 Å². The van der Waals surface area contributed by atoms with Crippen LogP contribution in [0.5, 0.6) is 0 Å². The van der Waals surface area contributed by atoms with Gasteiger partial charge in [-0.05, 0) is 25.8 Å². The Kier molecular flexibility index (Phi) is 6.32. The van der Waals surface area contributed by atoms with Crippen LogP contribution in [0, 0.1) is 22.5 Å². The topological polar surface area (TPSA) is 85.1 Å². The lowest BCUT2D eigenvalue weighted by atomic mass is 10.2. The SMILES string of the molecule is C#CCSCCNC(=O)c1cc([N+](=O)[O-])ncc1Br. The van der Waals surface area contributed by atoms with E-state index in [2.05, 4.69) is 32.2 Å². The Labute approximate surface area is 122 Å². The Morgan fingerprint density at radius 3 is 3.05 bits per heavy atom. The fourth-order valence-corrected chi connectivity index (χ4v) is 2.07. The molecule has 1 aromatic rings. The minimum Gasteiger partial charge on any atom is -0.358 e. The maximum Gasteiger partial charge on any atom is 0.364 e. The van der Waals surface area contributed by atoms with Gasteiger partial charge < -0.3 is 15.4 Å². The molecule has 0 aliphatic rings. The van der Waals surface area contributed by atoms with E-state index in [0.29, 0.717) is 22.5 Å². The van der Waals surface area contributed by atoms with E-state index in [4.69, 9.17) is 6.42 Å². The van der Waals surface area contributed by atoms with E-state index in [1.807, 2.05) is 0 Å². The molecule has 1 aromatic heterocycles. The highest BCUT2D eigenvalue weighted by Crippen LogP contribution is 2.19. The lowest BCUT2D eigenvalue weighted by Gasteiger charge is -2.05. The van der Waals surface area contributed by atoms with Crippen molar-refractivity contribution in [2.45, 2.75) is 0 Å². The van der Waals surface area contributed by atoms with Gasteiger partial charge in [0.05, 0.1) is 15.8 Å². The number of halogens is 1. The summed E-state index contributed by atoms with van der Waals surface area (Å²) in [6, 6.07) is 1.13. The summed E-state index contributed by atoms with van der Waals surface area (Å²) in [6.07, 6.45) is 6.33. The molecule has 0 spiro atoms. The second-order valence-electron chi connectivity index (χ2n) is 3.29. The highest BCUT2D eigenvalue weighted by molar-refractivity contribution is 9.10. The van der Waals surface area contributed by atoms with E-state index >= 15 is 0 Å². The highest BCUT2D eigenvalue weighted by Gasteiger charge is 2.16. The lowest BCUT2D eigenvalue weighted by molar-refractivity contribution is -0.389. The van der Waals surface area contributed by atoms with Crippen molar-refractivity contribution < 1.29 is 9.72 Å². The van der Waals surface area contributed by atoms with E-state index < -0.39 is 10.8 Å². The Hall–Kier alpha value is -1.59. The molecule has 1 amide bonds. The molecule has 1 heterocycles. The number of nitrogens with zero attached hydrogens (tertiary/aromatic N) is 2. The summed E-state index contributed by atoms with van der Waals surface area (Å²) in [5, 5.41) is 13.2. The molecule has 100 valence electrons. The first-order chi connectivity index (χ1) is 9.06. The van der Waals surface area contributed by atoms with Crippen LogP contribution in [0.15, 0.2) is 16.7 Å². The monoisotopic (exact) mass is 343 g/mol. The molecule has 0 aromatic carbocycles. The van der Waals surface area contributed by atoms with Crippen LogP contribution in [0.2, 0.25) is 0 Å². The van der Waals surface area contributed by atoms with Crippen molar-refractivity contribution in [2.24, 2.45) is 0 Å². The predicted octanol–water partition coefficient (Wildman–Crippen LogP) is 1.85. The van der Waals surface area contributed by atoms with Gasteiger partial charge in [-0.15, -0.1) is 18.2 Å². The molecule has 0 atom stereocenters. The van der Waals surface area contributed by atoms with Gasteiger partial charge in [-0.3, -0.25) is 4.79 Å². The van der Waals surface area contributed by atoms with Gasteiger partial charge in [0.25, 0.3) is 5.91 Å². The van der Waals surface area contributed by atoms with E-state index in [-0.39, 0.29) is 11.4 Å². The van der Waals surface area contributed by atoms with E-state index in [1.54, 1.807) is 0 Å². The van der Waals surface area contributed by atoms with Crippen LogP contribution in [0.4, 0.5) is 5.82 Å². The third-order valence-electron chi connectivity index (χ3n) is 1.99. The summed E-state index contributed by atoms with van der Waals surface area (Å²) in [5.74, 6) is 2.99. The minimum atomic E-state index is -0.647. The number of hydrogen-bond acceptors (Lipinski definition) is 5. The molecule has 1 rings (SSSR count). The summed E-state index contributed by atoms with van der Waals surface area (Å²) >= 11 is 4.66. The van der Waals surface area contributed by atoms with Gasteiger partial charge in [-0.1, -0.05) is 5.92 Å². The molecule has 0 aliphatic carbocycles. The second-order valence-corrected chi connectivity index (χ2v) is 5.25. The number of nitrogens with one attached hydrogen (secondary N) is 1. The number of carbonyl (C=O) groups is 1. The highest BCUT2D eigenvalue weighted by atomic mass is 79.9. The van der Waals surface area contributed by atoms with Crippen LogP contribution >= 0.6 is 27.7 Å². The maximum atomic E-state index is 11.8. The fourth-order valence-electron chi connectivity index (χ4n) is 1.16. The molecule has 8 heteroatoms. The van der Waals surface area contributed by atoms with Gasteiger partial charge in [0.15, 0.2) is 6.20 Å². The van der Waals surface area contributed by atoms with Gasteiger partial charge in [0.1, 0.15) is 0 Å². The van der Waals surface area contributed by atoms with Gasteiger partial charge in [0.2, 0.25) is 0 Å². The molecular formula is C11H10BrN3O3S. The largest absolute Gasteiger partial charge is 0.364 e.